The lowest BCUT2D eigenvalue weighted by molar-refractivity contribution is -0.119. The molecule has 2 amide bonds. The van der Waals surface area contributed by atoms with Gasteiger partial charge < -0.3 is 15.2 Å². The maximum atomic E-state index is 12.3. The van der Waals surface area contributed by atoms with Crippen molar-refractivity contribution in [3.05, 3.63) is 65.3 Å². The van der Waals surface area contributed by atoms with E-state index in [2.05, 4.69) is 33.5 Å². The highest BCUT2D eigenvalue weighted by Gasteiger charge is 2.18. The van der Waals surface area contributed by atoms with Crippen LogP contribution in [0.1, 0.15) is 36.0 Å². The number of amides is 2. The molecule has 0 aliphatic heterocycles. The molecule has 1 heterocycles. The molecule has 1 aromatic heterocycles. The molecule has 5 nitrogen and oxygen atoms in total. The monoisotopic (exact) mass is 455 g/mol. The van der Waals surface area contributed by atoms with Gasteiger partial charge in [-0.15, -0.1) is 11.8 Å². The minimum Gasteiger partial charge on any atom is -0.353 e. The summed E-state index contributed by atoms with van der Waals surface area (Å²) in [6, 6.07) is 15.4. The molecule has 1 saturated carbocycles. The van der Waals surface area contributed by atoms with Crippen LogP contribution in [0.2, 0.25) is 5.02 Å². The first-order valence-corrected chi connectivity index (χ1v) is 12.0. The van der Waals surface area contributed by atoms with Crippen LogP contribution >= 0.6 is 23.4 Å². The Hall–Kier alpha value is -2.44. The van der Waals surface area contributed by atoms with Crippen molar-refractivity contribution in [3.63, 3.8) is 0 Å². The largest absolute Gasteiger partial charge is 0.353 e. The highest BCUT2D eigenvalue weighted by molar-refractivity contribution is 8.00. The van der Waals surface area contributed by atoms with Crippen molar-refractivity contribution >= 4 is 46.1 Å². The van der Waals surface area contributed by atoms with Crippen LogP contribution in [0.3, 0.4) is 0 Å². The number of aromatic nitrogens is 1. The highest BCUT2D eigenvalue weighted by Crippen LogP contribution is 2.30. The van der Waals surface area contributed by atoms with E-state index in [0.717, 1.165) is 28.6 Å². The van der Waals surface area contributed by atoms with Gasteiger partial charge >= 0.3 is 0 Å². The van der Waals surface area contributed by atoms with E-state index >= 15 is 0 Å². The van der Waals surface area contributed by atoms with Crippen LogP contribution in [0.4, 0.5) is 0 Å². The van der Waals surface area contributed by atoms with Gasteiger partial charge in [-0.3, -0.25) is 9.59 Å². The number of thioether (sulfide) groups is 1. The average Bonchev–Trinajstić information content (AvgIpc) is 3.41. The Balaban J connectivity index is 1.36. The third-order valence-electron chi connectivity index (χ3n) is 5.58. The van der Waals surface area contributed by atoms with Crippen LogP contribution in [-0.4, -0.2) is 34.7 Å². The number of halogens is 1. The van der Waals surface area contributed by atoms with Gasteiger partial charge in [0.25, 0.3) is 5.91 Å². The molecule has 2 N–H and O–H groups in total. The maximum Gasteiger partial charge on any atom is 0.251 e. The van der Waals surface area contributed by atoms with E-state index in [0.29, 0.717) is 35.5 Å². The topological polar surface area (TPSA) is 63.1 Å². The zero-order valence-corrected chi connectivity index (χ0v) is 18.8. The van der Waals surface area contributed by atoms with Crippen molar-refractivity contribution in [1.29, 1.82) is 0 Å². The van der Waals surface area contributed by atoms with E-state index in [9.17, 15) is 9.59 Å². The lowest BCUT2D eigenvalue weighted by atomic mass is 10.2. The summed E-state index contributed by atoms with van der Waals surface area (Å²) in [5, 5.41) is 7.84. The second-order valence-corrected chi connectivity index (χ2v) is 9.26. The molecule has 162 valence electrons. The van der Waals surface area contributed by atoms with Crippen molar-refractivity contribution in [2.45, 2.75) is 43.2 Å². The summed E-state index contributed by atoms with van der Waals surface area (Å²) in [6.07, 6.45) is 6.68. The van der Waals surface area contributed by atoms with Crippen molar-refractivity contribution in [1.82, 2.24) is 15.2 Å². The number of carbonyl (C=O) groups excluding carboxylic acids is 2. The molecule has 0 radical (unpaired) electrons. The van der Waals surface area contributed by atoms with Gasteiger partial charge in [-0.05, 0) is 43.2 Å². The standard InChI is InChI=1S/C24H26ClN3O2S/c25-18-11-9-17(10-12-18)24(30)26-13-14-28-15-22(20-7-3-4-8-21(20)28)31-16-23(29)27-19-5-1-2-6-19/h3-4,7-12,15,19H,1-2,5-6,13-14,16H2,(H,26,30)(H,27,29). The molecule has 1 aliphatic rings. The number of nitrogens with one attached hydrogen (secondary N) is 2. The summed E-state index contributed by atoms with van der Waals surface area (Å²) in [5.41, 5.74) is 1.69. The first-order chi connectivity index (χ1) is 15.1. The van der Waals surface area contributed by atoms with Crippen LogP contribution in [0.5, 0.6) is 0 Å². The lowest BCUT2D eigenvalue weighted by Crippen LogP contribution is -2.33. The van der Waals surface area contributed by atoms with E-state index in [4.69, 9.17) is 11.6 Å². The SMILES string of the molecule is O=C(CSc1cn(CCNC(=O)c2ccc(Cl)cc2)c2ccccc12)NC1CCCC1. The first kappa shape index (κ1) is 21.8. The maximum absolute atomic E-state index is 12.3. The van der Waals surface area contributed by atoms with Crippen molar-refractivity contribution in [2.75, 3.05) is 12.3 Å². The second-order valence-electron chi connectivity index (χ2n) is 7.80. The molecule has 1 aliphatic carbocycles. The number of carbonyl (C=O) groups is 2. The molecule has 4 rings (SSSR count). The minimum absolute atomic E-state index is 0.101. The van der Waals surface area contributed by atoms with Gasteiger partial charge in [0.2, 0.25) is 5.91 Å². The molecule has 7 heteroatoms. The normalized spacial score (nSPS) is 14.1. The number of fused-ring (bicyclic) bond motifs is 1. The molecule has 0 atom stereocenters. The molecule has 0 bridgehead atoms. The summed E-state index contributed by atoms with van der Waals surface area (Å²) in [7, 11) is 0. The third kappa shape index (κ3) is 5.63. The van der Waals surface area contributed by atoms with E-state index in [1.54, 1.807) is 36.0 Å². The van der Waals surface area contributed by atoms with E-state index in [1.165, 1.54) is 12.8 Å². The molecule has 1 fully saturated rings. The average molecular weight is 456 g/mol. The van der Waals surface area contributed by atoms with Gasteiger partial charge in [0.15, 0.2) is 0 Å². The Kier molecular flexibility index (Phi) is 7.20. The molecule has 0 spiro atoms. The van der Waals surface area contributed by atoms with Gasteiger partial charge in [0.1, 0.15) is 0 Å². The van der Waals surface area contributed by atoms with E-state index in [1.807, 2.05) is 12.1 Å². The zero-order valence-electron chi connectivity index (χ0n) is 17.3. The fraction of sp³-hybridized carbons (Fsp3) is 0.333. The number of nitrogens with zero attached hydrogens (tertiary/aromatic N) is 1. The van der Waals surface area contributed by atoms with Gasteiger partial charge in [-0.1, -0.05) is 42.6 Å². The molecule has 0 saturated heterocycles. The summed E-state index contributed by atoms with van der Waals surface area (Å²) in [5.74, 6) is 0.396. The van der Waals surface area contributed by atoms with Gasteiger partial charge in [0, 0.05) is 51.7 Å². The van der Waals surface area contributed by atoms with Crippen LogP contribution in [-0.2, 0) is 11.3 Å². The number of hydrogen-bond acceptors (Lipinski definition) is 3. The summed E-state index contributed by atoms with van der Waals surface area (Å²) >= 11 is 7.45. The Morgan fingerprint density at radius 3 is 2.58 bits per heavy atom. The third-order valence-corrected chi connectivity index (χ3v) is 6.87. The van der Waals surface area contributed by atoms with Crippen LogP contribution in [0, 0.1) is 0 Å². The molecule has 31 heavy (non-hydrogen) atoms. The van der Waals surface area contributed by atoms with E-state index in [-0.39, 0.29) is 11.8 Å². The fourth-order valence-corrected chi connectivity index (χ4v) is 5.01. The zero-order chi connectivity index (χ0) is 21.6. The Morgan fingerprint density at radius 2 is 1.81 bits per heavy atom. The summed E-state index contributed by atoms with van der Waals surface area (Å²) < 4.78 is 2.13. The van der Waals surface area contributed by atoms with Crippen LogP contribution < -0.4 is 10.6 Å². The van der Waals surface area contributed by atoms with Crippen molar-refractivity contribution < 1.29 is 9.59 Å². The van der Waals surface area contributed by atoms with Crippen LogP contribution in [0.15, 0.2) is 59.6 Å². The Bertz CT molecular complexity index is 1060. The van der Waals surface area contributed by atoms with E-state index < -0.39 is 0 Å². The number of rotatable bonds is 8. The fourth-order valence-electron chi connectivity index (χ4n) is 3.99. The lowest BCUT2D eigenvalue weighted by Gasteiger charge is -2.11. The number of para-hydroxylation sites is 1. The van der Waals surface area contributed by atoms with Gasteiger partial charge in [0.05, 0.1) is 5.75 Å². The molecule has 0 unspecified atom stereocenters. The minimum atomic E-state index is -0.119. The molecule has 3 aromatic rings. The smallest absolute Gasteiger partial charge is 0.251 e. The number of hydrogen-bond donors (Lipinski definition) is 2. The highest BCUT2D eigenvalue weighted by atomic mass is 35.5. The van der Waals surface area contributed by atoms with Gasteiger partial charge in [-0.25, -0.2) is 0 Å². The van der Waals surface area contributed by atoms with Crippen LogP contribution in [0.25, 0.3) is 10.9 Å². The van der Waals surface area contributed by atoms with Gasteiger partial charge in [-0.2, -0.15) is 0 Å². The second kappa shape index (κ2) is 10.2. The van der Waals surface area contributed by atoms with Crippen molar-refractivity contribution in [3.8, 4) is 0 Å². The van der Waals surface area contributed by atoms with Crippen molar-refractivity contribution in [2.24, 2.45) is 0 Å². The predicted molar refractivity (Wildman–Crippen MR) is 127 cm³/mol. The molecule has 2 aromatic carbocycles. The first-order valence-electron chi connectivity index (χ1n) is 10.6. The molecular weight excluding hydrogens is 430 g/mol. The number of benzene rings is 2. The Labute approximate surface area is 191 Å². The molecular formula is C24H26ClN3O2S. The summed E-state index contributed by atoms with van der Waals surface area (Å²) in [6.45, 7) is 1.15. The quantitative estimate of drug-likeness (QED) is 0.476. The Morgan fingerprint density at radius 1 is 1.06 bits per heavy atom. The predicted octanol–water partition coefficient (Wildman–Crippen LogP) is 4.88. The summed E-state index contributed by atoms with van der Waals surface area (Å²) in [4.78, 5) is 25.7.